The first-order valence-corrected chi connectivity index (χ1v) is 6.70. The smallest absolute Gasteiger partial charge is 0.128 e. The maximum absolute atomic E-state index is 9.91. The third kappa shape index (κ3) is 3.43. The monoisotopic (exact) mass is 249 g/mol. The summed E-state index contributed by atoms with van der Waals surface area (Å²) in [5, 5.41) is 13.4. The van der Waals surface area contributed by atoms with E-state index in [9.17, 15) is 5.11 Å². The summed E-state index contributed by atoms with van der Waals surface area (Å²) in [7, 11) is 3.98. The highest BCUT2D eigenvalue weighted by Gasteiger charge is 2.22. The number of aliphatic hydroxyl groups excluding tert-OH is 1. The van der Waals surface area contributed by atoms with E-state index in [4.69, 9.17) is 0 Å². The zero-order valence-electron chi connectivity index (χ0n) is 11.3. The molecule has 2 atom stereocenters. The van der Waals surface area contributed by atoms with Crippen molar-refractivity contribution in [2.75, 3.05) is 19.0 Å². The Morgan fingerprint density at radius 2 is 2.17 bits per heavy atom. The molecule has 2 N–H and O–H groups in total. The van der Waals surface area contributed by atoms with Crippen molar-refractivity contribution in [2.45, 2.75) is 44.4 Å². The Morgan fingerprint density at radius 1 is 1.39 bits per heavy atom. The molecular formula is C14H23N3O. The number of hydrogen-bond donors (Lipinski definition) is 2. The topological polar surface area (TPSA) is 48.4 Å². The molecule has 18 heavy (non-hydrogen) atoms. The summed E-state index contributed by atoms with van der Waals surface area (Å²) in [5.74, 6) is 0.971. The van der Waals surface area contributed by atoms with Crippen molar-refractivity contribution in [1.82, 2.24) is 10.3 Å². The maximum atomic E-state index is 9.91. The van der Waals surface area contributed by atoms with E-state index in [1.165, 1.54) is 12.0 Å². The summed E-state index contributed by atoms with van der Waals surface area (Å²) < 4.78 is 0. The minimum atomic E-state index is -0.186. The quantitative estimate of drug-likeness (QED) is 0.850. The van der Waals surface area contributed by atoms with Crippen molar-refractivity contribution in [3.63, 3.8) is 0 Å². The van der Waals surface area contributed by atoms with Crippen LogP contribution in [-0.4, -0.2) is 36.3 Å². The molecule has 0 radical (unpaired) electrons. The number of aliphatic hydroxyl groups is 1. The first-order chi connectivity index (χ1) is 8.66. The highest BCUT2D eigenvalue weighted by Crippen LogP contribution is 2.19. The van der Waals surface area contributed by atoms with E-state index in [1.807, 2.05) is 31.3 Å². The van der Waals surface area contributed by atoms with Gasteiger partial charge in [0, 0.05) is 32.9 Å². The molecule has 0 spiro atoms. The van der Waals surface area contributed by atoms with Crippen LogP contribution in [0.3, 0.4) is 0 Å². The highest BCUT2D eigenvalue weighted by atomic mass is 16.3. The summed E-state index contributed by atoms with van der Waals surface area (Å²) in [4.78, 5) is 6.30. The van der Waals surface area contributed by atoms with Crippen molar-refractivity contribution in [1.29, 1.82) is 0 Å². The Kier molecular flexibility index (Phi) is 4.55. The van der Waals surface area contributed by atoms with Crippen LogP contribution in [0, 0.1) is 0 Å². The van der Waals surface area contributed by atoms with Crippen LogP contribution in [0.1, 0.15) is 31.2 Å². The molecule has 0 aliphatic heterocycles. The average Bonchev–Trinajstić information content (AvgIpc) is 2.38. The number of nitrogens with zero attached hydrogens (tertiary/aromatic N) is 2. The molecule has 1 fully saturated rings. The summed E-state index contributed by atoms with van der Waals surface area (Å²) >= 11 is 0. The van der Waals surface area contributed by atoms with Gasteiger partial charge in [-0.3, -0.25) is 0 Å². The SMILES string of the molecule is CN(C)c1cc(CNC2CCCCC2O)ccn1. The molecule has 0 aromatic carbocycles. The summed E-state index contributed by atoms with van der Waals surface area (Å²) in [6, 6.07) is 4.35. The number of rotatable bonds is 4. The number of aromatic nitrogens is 1. The van der Waals surface area contributed by atoms with E-state index < -0.39 is 0 Å². The van der Waals surface area contributed by atoms with Crippen LogP contribution >= 0.6 is 0 Å². The van der Waals surface area contributed by atoms with Crippen LogP contribution in [0.4, 0.5) is 5.82 Å². The van der Waals surface area contributed by atoms with E-state index in [1.54, 1.807) is 0 Å². The molecule has 1 aliphatic rings. The fourth-order valence-corrected chi connectivity index (χ4v) is 2.41. The van der Waals surface area contributed by atoms with E-state index in [0.717, 1.165) is 31.6 Å². The summed E-state index contributed by atoms with van der Waals surface area (Å²) in [5.41, 5.74) is 1.21. The molecule has 1 aromatic heterocycles. The second kappa shape index (κ2) is 6.16. The van der Waals surface area contributed by atoms with Crippen molar-refractivity contribution in [3.05, 3.63) is 23.9 Å². The number of pyridine rings is 1. The van der Waals surface area contributed by atoms with Gasteiger partial charge in [-0.05, 0) is 30.5 Å². The fourth-order valence-electron chi connectivity index (χ4n) is 2.41. The van der Waals surface area contributed by atoms with Gasteiger partial charge in [0.05, 0.1) is 6.10 Å². The van der Waals surface area contributed by atoms with Crippen molar-refractivity contribution < 1.29 is 5.11 Å². The third-order valence-electron chi connectivity index (χ3n) is 3.57. The Hall–Kier alpha value is -1.13. The lowest BCUT2D eigenvalue weighted by atomic mass is 9.92. The Bertz CT molecular complexity index is 381. The fraction of sp³-hybridized carbons (Fsp3) is 0.643. The van der Waals surface area contributed by atoms with E-state index in [2.05, 4.69) is 16.4 Å². The van der Waals surface area contributed by atoms with Gasteiger partial charge in [0.1, 0.15) is 5.82 Å². The minimum Gasteiger partial charge on any atom is -0.392 e. The molecule has 0 saturated heterocycles. The number of anilines is 1. The van der Waals surface area contributed by atoms with Gasteiger partial charge in [0.2, 0.25) is 0 Å². The molecule has 1 heterocycles. The van der Waals surface area contributed by atoms with Crippen LogP contribution in [-0.2, 0) is 6.54 Å². The van der Waals surface area contributed by atoms with E-state index >= 15 is 0 Å². The van der Waals surface area contributed by atoms with E-state index in [0.29, 0.717) is 0 Å². The molecule has 0 bridgehead atoms. The molecular weight excluding hydrogens is 226 g/mol. The molecule has 4 heteroatoms. The molecule has 2 rings (SSSR count). The molecule has 1 saturated carbocycles. The van der Waals surface area contributed by atoms with Crippen LogP contribution < -0.4 is 10.2 Å². The minimum absolute atomic E-state index is 0.186. The Balaban J connectivity index is 1.91. The van der Waals surface area contributed by atoms with Gasteiger partial charge in [0.15, 0.2) is 0 Å². The van der Waals surface area contributed by atoms with Gasteiger partial charge >= 0.3 is 0 Å². The molecule has 4 nitrogen and oxygen atoms in total. The molecule has 1 aliphatic carbocycles. The normalized spacial score (nSPS) is 23.9. The van der Waals surface area contributed by atoms with Gasteiger partial charge in [-0.1, -0.05) is 12.8 Å². The number of nitrogens with one attached hydrogen (secondary N) is 1. The lowest BCUT2D eigenvalue weighted by molar-refractivity contribution is 0.0902. The van der Waals surface area contributed by atoms with E-state index in [-0.39, 0.29) is 12.1 Å². The Morgan fingerprint density at radius 3 is 2.89 bits per heavy atom. The number of hydrogen-bond acceptors (Lipinski definition) is 4. The van der Waals surface area contributed by atoms with Gasteiger partial charge in [0.25, 0.3) is 0 Å². The van der Waals surface area contributed by atoms with Gasteiger partial charge in [-0.15, -0.1) is 0 Å². The second-order valence-electron chi connectivity index (χ2n) is 5.26. The van der Waals surface area contributed by atoms with Crippen molar-refractivity contribution in [3.8, 4) is 0 Å². The van der Waals surface area contributed by atoms with Crippen LogP contribution in [0.25, 0.3) is 0 Å². The standard InChI is InChI=1S/C14H23N3O/c1-17(2)14-9-11(7-8-15-14)10-16-12-5-3-4-6-13(12)18/h7-9,12-13,16,18H,3-6,10H2,1-2H3. The lowest BCUT2D eigenvalue weighted by Crippen LogP contribution is -2.41. The molecule has 2 unspecified atom stereocenters. The van der Waals surface area contributed by atoms with Gasteiger partial charge < -0.3 is 15.3 Å². The highest BCUT2D eigenvalue weighted by molar-refractivity contribution is 5.38. The third-order valence-corrected chi connectivity index (χ3v) is 3.57. The molecule has 0 amide bonds. The van der Waals surface area contributed by atoms with Gasteiger partial charge in [-0.2, -0.15) is 0 Å². The first-order valence-electron chi connectivity index (χ1n) is 6.70. The second-order valence-corrected chi connectivity index (χ2v) is 5.26. The largest absolute Gasteiger partial charge is 0.392 e. The lowest BCUT2D eigenvalue weighted by Gasteiger charge is -2.28. The van der Waals surface area contributed by atoms with Crippen LogP contribution in [0.15, 0.2) is 18.3 Å². The van der Waals surface area contributed by atoms with Crippen LogP contribution in [0.5, 0.6) is 0 Å². The molecule has 1 aromatic rings. The van der Waals surface area contributed by atoms with Crippen molar-refractivity contribution in [2.24, 2.45) is 0 Å². The summed E-state index contributed by atoms with van der Waals surface area (Å²) in [6.07, 6.45) is 6.02. The average molecular weight is 249 g/mol. The molecule has 100 valence electrons. The maximum Gasteiger partial charge on any atom is 0.128 e. The van der Waals surface area contributed by atoms with Gasteiger partial charge in [-0.25, -0.2) is 4.98 Å². The van der Waals surface area contributed by atoms with Crippen LogP contribution in [0.2, 0.25) is 0 Å². The summed E-state index contributed by atoms with van der Waals surface area (Å²) in [6.45, 7) is 0.797. The first kappa shape index (κ1) is 13.3. The predicted molar refractivity (Wildman–Crippen MR) is 73.7 cm³/mol. The zero-order chi connectivity index (χ0) is 13.0. The van der Waals surface area contributed by atoms with Crippen molar-refractivity contribution >= 4 is 5.82 Å². The predicted octanol–water partition coefficient (Wildman–Crippen LogP) is 1.54. The zero-order valence-corrected chi connectivity index (χ0v) is 11.3. The Labute approximate surface area is 109 Å².